The third kappa shape index (κ3) is 3.74. The molecule has 3 atom stereocenters. The summed E-state index contributed by atoms with van der Waals surface area (Å²) in [6, 6.07) is 1.00. The normalized spacial score (nSPS) is 29.0. The first-order valence-electron chi connectivity index (χ1n) is 6.19. The molecule has 0 bridgehead atoms. The molecule has 1 heterocycles. The maximum absolute atomic E-state index is 6.22. The van der Waals surface area contributed by atoms with Crippen LogP contribution in [0.4, 0.5) is 0 Å². The smallest absolute Gasteiger partial charge is 0.0235 e. The molecule has 3 heteroatoms. The van der Waals surface area contributed by atoms with Crippen LogP contribution in [0.5, 0.6) is 0 Å². The average molecular weight is 213 g/mol. The summed E-state index contributed by atoms with van der Waals surface area (Å²) in [7, 11) is 4.43. The van der Waals surface area contributed by atoms with Crippen molar-refractivity contribution in [1.82, 2.24) is 9.80 Å². The Morgan fingerprint density at radius 3 is 2.60 bits per heavy atom. The molecule has 3 unspecified atom stereocenters. The Hall–Kier alpha value is -0.120. The Morgan fingerprint density at radius 2 is 2.00 bits per heavy atom. The second-order valence-electron chi connectivity index (χ2n) is 5.18. The summed E-state index contributed by atoms with van der Waals surface area (Å²) in [5.74, 6) is 0.644. The van der Waals surface area contributed by atoms with E-state index in [0.717, 1.165) is 6.42 Å². The molecule has 0 saturated carbocycles. The van der Waals surface area contributed by atoms with E-state index in [9.17, 15) is 0 Å². The first-order valence-corrected chi connectivity index (χ1v) is 6.19. The van der Waals surface area contributed by atoms with E-state index in [-0.39, 0.29) is 0 Å². The molecule has 0 amide bonds. The molecule has 1 saturated heterocycles. The van der Waals surface area contributed by atoms with Crippen molar-refractivity contribution in [1.29, 1.82) is 0 Å². The molecule has 2 N–H and O–H groups in total. The van der Waals surface area contributed by atoms with Crippen LogP contribution in [0, 0.1) is 5.92 Å². The molecule has 1 rings (SSSR count). The highest BCUT2D eigenvalue weighted by Crippen LogP contribution is 2.16. The number of nitrogens with zero attached hydrogens (tertiary/aromatic N) is 2. The summed E-state index contributed by atoms with van der Waals surface area (Å²) >= 11 is 0. The van der Waals surface area contributed by atoms with Gasteiger partial charge < -0.3 is 15.5 Å². The second-order valence-corrected chi connectivity index (χ2v) is 5.18. The van der Waals surface area contributed by atoms with Crippen molar-refractivity contribution in [2.75, 3.05) is 33.7 Å². The van der Waals surface area contributed by atoms with Crippen molar-refractivity contribution in [3.8, 4) is 0 Å². The molecule has 15 heavy (non-hydrogen) atoms. The van der Waals surface area contributed by atoms with E-state index in [0.29, 0.717) is 18.0 Å². The van der Waals surface area contributed by atoms with Crippen molar-refractivity contribution in [3.05, 3.63) is 0 Å². The maximum atomic E-state index is 6.22. The summed E-state index contributed by atoms with van der Waals surface area (Å²) in [4.78, 5) is 4.87. The van der Waals surface area contributed by atoms with Crippen LogP contribution >= 0.6 is 0 Å². The average Bonchev–Trinajstić information content (AvgIpc) is 2.22. The predicted molar refractivity (Wildman–Crippen MR) is 66.0 cm³/mol. The highest BCUT2D eigenvalue weighted by molar-refractivity contribution is 4.83. The molecule has 0 aromatic heterocycles. The van der Waals surface area contributed by atoms with E-state index in [1.54, 1.807) is 0 Å². The zero-order valence-electron chi connectivity index (χ0n) is 10.7. The van der Waals surface area contributed by atoms with Gasteiger partial charge in [-0.15, -0.1) is 0 Å². The number of rotatable bonds is 4. The quantitative estimate of drug-likeness (QED) is 0.756. The van der Waals surface area contributed by atoms with Crippen molar-refractivity contribution >= 4 is 0 Å². The van der Waals surface area contributed by atoms with Crippen molar-refractivity contribution < 1.29 is 0 Å². The summed E-state index contributed by atoms with van der Waals surface area (Å²) < 4.78 is 0. The van der Waals surface area contributed by atoms with Gasteiger partial charge in [0.15, 0.2) is 0 Å². The highest BCUT2D eigenvalue weighted by Gasteiger charge is 2.25. The molecule has 1 aliphatic rings. The standard InChI is InChI=1S/C12H27N3/c1-5-10(2)12(13)8-11-9-14(3)6-7-15(11)4/h10-12H,5-9,13H2,1-4H3. The van der Waals surface area contributed by atoms with Crippen LogP contribution in [0.3, 0.4) is 0 Å². The molecule has 3 nitrogen and oxygen atoms in total. The van der Waals surface area contributed by atoms with Gasteiger partial charge in [-0.25, -0.2) is 0 Å². The number of likely N-dealkylation sites (N-methyl/N-ethyl adjacent to an activating group) is 2. The van der Waals surface area contributed by atoms with Gasteiger partial charge in [0.1, 0.15) is 0 Å². The topological polar surface area (TPSA) is 32.5 Å². The van der Waals surface area contributed by atoms with E-state index in [4.69, 9.17) is 5.73 Å². The summed E-state index contributed by atoms with van der Waals surface area (Å²) in [6.45, 7) is 8.01. The molecular weight excluding hydrogens is 186 g/mol. The molecule has 0 spiro atoms. The van der Waals surface area contributed by atoms with Crippen LogP contribution in [0.15, 0.2) is 0 Å². The lowest BCUT2D eigenvalue weighted by atomic mass is 9.93. The van der Waals surface area contributed by atoms with E-state index in [1.807, 2.05) is 0 Å². The van der Waals surface area contributed by atoms with E-state index >= 15 is 0 Å². The zero-order valence-corrected chi connectivity index (χ0v) is 10.7. The lowest BCUT2D eigenvalue weighted by Crippen LogP contribution is -2.52. The van der Waals surface area contributed by atoms with Gasteiger partial charge in [-0.2, -0.15) is 0 Å². The first-order chi connectivity index (χ1) is 7.04. The van der Waals surface area contributed by atoms with Gasteiger partial charge in [-0.05, 0) is 26.4 Å². The van der Waals surface area contributed by atoms with Crippen molar-refractivity contribution in [2.24, 2.45) is 11.7 Å². The highest BCUT2D eigenvalue weighted by atomic mass is 15.3. The molecule has 90 valence electrons. The van der Waals surface area contributed by atoms with Gasteiger partial charge in [0.25, 0.3) is 0 Å². The molecule has 0 aromatic rings. The Bertz CT molecular complexity index is 184. The third-order valence-electron chi connectivity index (χ3n) is 3.90. The maximum Gasteiger partial charge on any atom is 0.0235 e. The molecule has 1 fully saturated rings. The largest absolute Gasteiger partial charge is 0.327 e. The van der Waals surface area contributed by atoms with Crippen LogP contribution in [-0.2, 0) is 0 Å². The van der Waals surface area contributed by atoms with Crippen molar-refractivity contribution in [2.45, 2.75) is 38.8 Å². The van der Waals surface area contributed by atoms with Crippen LogP contribution in [-0.4, -0.2) is 55.6 Å². The Labute approximate surface area is 94.6 Å². The Morgan fingerprint density at radius 1 is 1.33 bits per heavy atom. The van der Waals surface area contributed by atoms with Gasteiger partial charge in [-0.3, -0.25) is 0 Å². The zero-order chi connectivity index (χ0) is 11.4. The van der Waals surface area contributed by atoms with Crippen LogP contribution in [0.25, 0.3) is 0 Å². The van der Waals surface area contributed by atoms with E-state index < -0.39 is 0 Å². The summed E-state index contributed by atoms with van der Waals surface area (Å²) in [6.07, 6.45) is 2.32. The number of hydrogen-bond donors (Lipinski definition) is 1. The first kappa shape index (κ1) is 12.9. The molecule has 0 radical (unpaired) electrons. The summed E-state index contributed by atoms with van der Waals surface area (Å²) in [5, 5.41) is 0. The minimum absolute atomic E-state index is 0.356. The second kappa shape index (κ2) is 5.83. The molecule has 0 aromatic carbocycles. The summed E-state index contributed by atoms with van der Waals surface area (Å²) in [5.41, 5.74) is 6.22. The Balaban J connectivity index is 2.41. The van der Waals surface area contributed by atoms with Gasteiger partial charge in [0.05, 0.1) is 0 Å². The minimum atomic E-state index is 0.356. The number of piperazine rings is 1. The van der Waals surface area contributed by atoms with Crippen LogP contribution < -0.4 is 5.73 Å². The van der Waals surface area contributed by atoms with Gasteiger partial charge in [-0.1, -0.05) is 20.3 Å². The lowest BCUT2D eigenvalue weighted by Gasteiger charge is -2.39. The molecular formula is C12H27N3. The number of nitrogens with two attached hydrogens (primary N) is 1. The van der Waals surface area contributed by atoms with E-state index in [2.05, 4.69) is 37.7 Å². The van der Waals surface area contributed by atoms with Gasteiger partial charge in [0, 0.05) is 31.7 Å². The van der Waals surface area contributed by atoms with Gasteiger partial charge in [0.2, 0.25) is 0 Å². The van der Waals surface area contributed by atoms with Crippen LogP contribution in [0.2, 0.25) is 0 Å². The van der Waals surface area contributed by atoms with E-state index in [1.165, 1.54) is 26.1 Å². The Kier molecular flexibility index (Phi) is 5.03. The fraction of sp³-hybridized carbons (Fsp3) is 1.00. The van der Waals surface area contributed by atoms with Crippen LogP contribution in [0.1, 0.15) is 26.7 Å². The fourth-order valence-corrected chi connectivity index (χ4v) is 2.21. The lowest BCUT2D eigenvalue weighted by molar-refractivity contribution is 0.0995. The minimum Gasteiger partial charge on any atom is -0.327 e. The molecule has 1 aliphatic heterocycles. The van der Waals surface area contributed by atoms with Gasteiger partial charge >= 0.3 is 0 Å². The predicted octanol–water partition coefficient (Wildman–Crippen LogP) is 0.996. The fourth-order valence-electron chi connectivity index (χ4n) is 2.21. The third-order valence-corrected chi connectivity index (χ3v) is 3.90. The monoisotopic (exact) mass is 213 g/mol. The number of hydrogen-bond acceptors (Lipinski definition) is 3. The molecule has 0 aliphatic carbocycles. The SMILES string of the molecule is CCC(C)C(N)CC1CN(C)CCN1C. The van der Waals surface area contributed by atoms with Crippen molar-refractivity contribution in [3.63, 3.8) is 0 Å².